The number of aromatic nitrogens is 6. The highest BCUT2D eigenvalue weighted by Crippen LogP contribution is 2.34. The van der Waals surface area contributed by atoms with Gasteiger partial charge in [-0.2, -0.15) is 5.10 Å². The Labute approximate surface area is 223 Å². The van der Waals surface area contributed by atoms with E-state index in [1.54, 1.807) is 29.7 Å². The Morgan fingerprint density at radius 2 is 1.79 bits per heavy atom. The molecule has 0 fully saturated rings. The van der Waals surface area contributed by atoms with Crippen molar-refractivity contribution in [3.05, 3.63) is 78.6 Å². The molecule has 0 saturated carbocycles. The number of fused-ring (bicyclic) bond motifs is 2. The first-order chi connectivity index (χ1) is 18.8. The summed E-state index contributed by atoms with van der Waals surface area (Å²) in [6, 6.07) is 12.6. The van der Waals surface area contributed by atoms with E-state index in [4.69, 9.17) is 0 Å². The van der Waals surface area contributed by atoms with Crippen LogP contribution in [0.15, 0.2) is 67.3 Å². The molecular formula is C29H25FN8O. The summed E-state index contributed by atoms with van der Waals surface area (Å²) in [5.74, 6) is -0.422. The molecule has 0 aliphatic carbocycles. The smallest absolute Gasteiger partial charge is 0.238 e. The van der Waals surface area contributed by atoms with E-state index < -0.39 is 0 Å². The summed E-state index contributed by atoms with van der Waals surface area (Å²) in [7, 11) is 3.67. The van der Waals surface area contributed by atoms with Gasteiger partial charge in [0.25, 0.3) is 0 Å². The summed E-state index contributed by atoms with van der Waals surface area (Å²) in [6.07, 6.45) is 6.75. The maximum absolute atomic E-state index is 14.1. The number of H-pyrrole nitrogens is 2. The molecule has 3 N–H and O–H groups in total. The van der Waals surface area contributed by atoms with Gasteiger partial charge in [-0.05, 0) is 69.0 Å². The lowest BCUT2D eigenvalue weighted by Gasteiger charge is -2.10. The number of aromatic amines is 2. The van der Waals surface area contributed by atoms with Crippen LogP contribution < -0.4 is 5.32 Å². The first kappa shape index (κ1) is 24.4. The molecule has 0 spiro atoms. The number of likely N-dealkylation sites (N-methyl/N-ethyl adjacent to an activating group) is 1. The van der Waals surface area contributed by atoms with Crippen LogP contribution in [0.1, 0.15) is 5.56 Å². The van der Waals surface area contributed by atoms with Crippen LogP contribution >= 0.6 is 0 Å². The summed E-state index contributed by atoms with van der Waals surface area (Å²) in [5.41, 5.74) is 7.43. The molecule has 39 heavy (non-hydrogen) atoms. The van der Waals surface area contributed by atoms with Gasteiger partial charge in [0.05, 0.1) is 47.2 Å². The lowest BCUT2D eigenvalue weighted by Crippen LogP contribution is -2.27. The van der Waals surface area contributed by atoms with Crippen LogP contribution in [0.3, 0.4) is 0 Å². The van der Waals surface area contributed by atoms with E-state index in [0.29, 0.717) is 22.6 Å². The van der Waals surface area contributed by atoms with E-state index in [1.165, 1.54) is 12.1 Å². The Balaban J connectivity index is 1.39. The third-order valence-electron chi connectivity index (χ3n) is 6.34. The van der Waals surface area contributed by atoms with Gasteiger partial charge in [-0.3, -0.25) is 24.8 Å². The third-order valence-corrected chi connectivity index (χ3v) is 6.34. The molecule has 1 aromatic carbocycles. The van der Waals surface area contributed by atoms with Crippen LogP contribution in [0.5, 0.6) is 0 Å². The Bertz CT molecular complexity index is 1840. The van der Waals surface area contributed by atoms with Gasteiger partial charge in [-0.15, -0.1) is 0 Å². The minimum atomic E-state index is -0.297. The molecule has 0 aliphatic heterocycles. The maximum atomic E-state index is 14.1. The number of pyridine rings is 3. The van der Waals surface area contributed by atoms with Gasteiger partial charge in [0.2, 0.25) is 5.91 Å². The van der Waals surface area contributed by atoms with Crippen LogP contribution in [0.4, 0.5) is 10.1 Å². The molecule has 5 aromatic heterocycles. The largest absolute Gasteiger partial charge is 0.353 e. The number of carbonyl (C=O) groups is 1. The number of hydrogen-bond acceptors (Lipinski definition) is 6. The highest BCUT2D eigenvalue weighted by Gasteiger charge is 2.16. The van der Waals surface area contributed by atoms with Crippen molar-refractivity contribution in [2.24, 2.45) is 0 Å². The summed E-state index contributed by atoms with van der Waals surface area (Å²) in [6.45, 7) is 2.13. The molecule has 10 heteroatoms. The number of nitrogens with zero attached hydrogens (tertiary/aromatic N) is 5. The minimum absolute atomic E-state index is 0.124. The van der Waals surface area contributed by atoms with Crippen molar-refractivity contribution < 1.29 is 9.18 Å². The highest BCUT2D eigenvalue weighted by molar-refractivity contribution is 6.00. The average molecular weight is 521 g/mol. The fraction of sp³-hybridized carbons (Fsp3) is 0.138. The van der Waals surface area contributed by atoms with Crippen LogP contribution in [0, 0.1) is 12.7 Å². The normalized spacial score (nSPS) is 11.5. The van der Waals surface area contributed by atoms with Crippen LogP contribution in [0.25, 0.3) is 55.7 Å². The zero-order valence-corrected chi connectivity index (χ0v) is 21.6. The number of halogens is 1. The van der Waals surface area contributed by atoms with Crippen molar-refractivity contribution >= 4 is 33.4 Å². The molecule has 1 amide bonds. The molecule has 6 rings (SSSR count). The number of rotatable bonds is 6. The van der Waals surface area contributed by atoms with Gasteiger partial charge in [0.1, 0.15) is 11.5 Å². The van der Waals surface area contributed by atoms with Crippen LogP contribution in [0.2, 0.25) is 0 Å². The quantitative estimate of drug-likeness (QED) is 0.279. The second-order valence-electron chi connectivity index (χ2n) is 9.76. The SMILES string of the molecule is Cc1cc(F)cc(-c2nccc3[nH]c(-c4n[nH]c5cnc(-c6cncc(NC(=O)CN(C)C)c6)cc45)cc23)c1. The zero-order chi connectivity index (χ0) is 27.1. The van der Waals surface area contributed by atoms with Gasteiger partial charge in [-0.25, -0.2) is 4.39 Å². The molecule has 0 saturated heterocycles. The molecule has 9 nitrogen and oxygen atoms in total. The number of aryl methyl sites for hydroxylation is 1. The second-order valence-corrected chi connectivity index (χ2v) is 9.76. The minimum Gasteiger partial charge on any atom is -0.353 e. The molecule has 0 atom stereocenters. The van der Waals surface area contributed by atoms with E-state index in [9.17, 15) is 9.18 Å². The predicted molar refractivity (Wildman–Crippen MR) is 150 cm³/mol. The van der Waals surface area contributed by atoms with Crippen molar-refractivity contribution in [3.63, 3.8) is 0 Å². The van der Waals surface area contributed by atoms with Crippen molar-refractivity contribution in [1.29, 1.82) is 0 Å². The number of anilines is 1. The van der Waals surface area contributed by atoms with Crippen LogP contribution in [-0.4, -0.2) is 61.6 Å². The Kier molecular flexibility index (Phi) is 6.08. The van der Waals surface area contributed by atoms with Gasteiger partial charge in [-0.1, -0.05) is 0 Å². The van der Waals surface area contributed by atoms with Crippen molar-refractivity contribution in [2.45, 2.75) is 6.92 Å². The van der Waals surface area contributed by atoms with Crippen LogP contribution in [-0.2, 0) is 4.79 Å². The van der Waals surface area contributed by atoms with Gasteiger partial charge in [0.15, 0.2) is 0 Å². The van der Waals surface area contributed by atoms with Crippen molar-refractivity contribution in [3.8, 4) is 33.9 Å². The molecule has 194 valence electrons. The third kappa shape index (κ3) is 4.85. The maximum Gasteiger partial charge on any atom is 0.238 e. The topological polar surface area (TPSA) is 115 Å². The Hall–Kier alpha value is -4.96. The summed E-state index contributed by atoms with van der Waals surface area (Å²) in [5, 5.41) is 12.2. The van der Waals surface area contributed by atoms with E-state index >= 15 is 0 Å². The number of nitrogens with one attached hydrogen (secondary N) is 3. The predicted octanol–water partition coefficient (Wildman–Crippen LogP) is 5.18. The molecule has 0 unspecified atom stereocenters. The zero-order valence-electron chi connectivity index (χ0n) is 21.6. The monoisotopic (exact) mass is 520 g/mol. The summed E-state index contributed by atoms with van der Waals surface area (Å²) < 4.78 is 14.1. The lowest BCUT2D eigenvalue weighted by atomic mass is 10.0. The van der Waals surface area contributed by atoms with E-state index in [1.807, 2.05) is 51.4 Å². The molecule has 0 bridgehead atoms. The standard InChI is InChI=1S/C29H25FN8O/c1-16-6-17(8-19(30)7-16)28-21-11-25(35-23(21)4-5-32-28)29-22-10-24(33-14-26(22)36-37-29)18-9-20(13-31-12-18)34-27(39)15-38(2)3/h4-14,35H,15H2,1-3H3,(H,34,39)(H,36,37). The van der Waals surface area contributed by atoms with Gasteiger partial charge >= 0.3 is 0 Å². The molecule has 6 aromatic rings. The highest BCUT2D eigenvalue weighted by atomic mass is 19.1. The van der Waals surface area contributed by atoms with Crippen molar-refractivity contribution in [2.75, 3.05) is 26.0 Å². The first-order valence-electron chi connectivity index (χ1n) is 12.3. The van der Waals surface area contributed by atoms with Gasteiger partial charge < -0.3 is 15.2 Å². The lowest BCUT2D eigenvalue weighted by molar-refractivity contribution is -0.116. The second kappa shape index (κ2) is 9.73. The fourth-order valence-electron chi connectivity index (χ4n) is 4.70. The number of benzene rings is 1. The molecule has 5 heterocycles. The molecular weight excluding hydrogens is 495 g/mol. The number of carbonyl (C=O) groups excluding carboxylic acids is 1. The van der Waals surface area contributed by atoms with Crippen molar-refractivity contribution in [1.82, 2.24) is 35.0 Å². The average Bonchev–Trinajstić information content (AvgIpc) is 3.51. The summed E-state index contributed by atoms with van der Waals surface area (Å²) >= 11 is 0. The fourth-order valence-corrected chi connectivity index (χ4v) is 4.70. The van der Waals surface area contributed by atoms with Gasteiger partial charge in [0, 0.05) is 39.8 Å². The Morgan fingerprint density at radius 1 is 0.949 bits per heavy atom. The number of hydrogen-bond donors (Lipinski definition) is 3. The number of amides is 1. The molecule has 0 aliphatic rings. The molecule has 0 radical (unpaired) electrons. The van der Waals surface area contributed by atoms with E-state index in [2.05, 4.69) is 35.5 Å². The first-order valence-corrected chi connectivity index (χ1v) is 12.3. The van der Waals surface area contributed by atoms with E-state index in [0.717, 1.165) is 44.3 Å². The summed E-state index contributed by atoms with van der Waals surface area (Å²) in [4.78, 5) is 30.8. The van der Waals surface area contributed by atoms with E-state index in [-0.39, 0.29) is 18.3 Å². The Morgan fingerprint density at radius 3 is 2.62 bits per heavy atom.